The Bertz CT molecular complexity index is 1400. The van der Waals surface area contributed by atoms with Crippen LogP contribution in [0.1, 0.15) is 22.5 Å². The van der Waals surface area contributed by atoms with Crippen LogP contribution in [0.4, 0.5) is 5.82 Å². The van der Waals surface area contributed by atoms with Crippen LogP contribution in [-0.2, 0) is 36.1 Å². The summed E-state index contributed by atoms with van der Waals surface area (Å²) in [6.07, 6.45) is 1.97. The van der Waals surface area contributed by atoms with Gasteiger partial charge in [0.15, 0.2) is 0 Å². The standard InChI is InChI=1S/C24H26N6O2S/c1-33(31,32)27-15-19-13-18-9-5-6-10-22(18)30(19)24-28-21-11-12-25-16-20(21)23(29-24)26-14-17-7-3-2-4-8-17/h2-10,13,25,27H,11-12,14-16H2,1H3,(H,26,28,29). The first-order chi connectivity index (χ1) is 16.0. The average Bonchev–Trinajstić information content (AvgIpc) is 3.20. The molecule has 8 nitrogen and oxygen atoms in total. The zero-order valence-electron chi connectivity index (χ0n) is 18.4. The van der Waals surface area contributed by atoms with Crippen molar-refractivity contribution in [3.05, 3.63) is 83.2 Å². The molecule has 5 rings (SSSR count). The molecule has 0 spiro atoms. The first-order valence-corrected chi connectivity index (χ1v) is 12.8. The number of para-hydroxylation sites is 1. The minimum Gasteiger partial charge on any atom is -0.366 e. The molecule has 0 bridgehead atoms. The molecule has 0 saturated carbocycles. The average molecular weight is 463 g/mol. The van der Waals surface area contributed by atoms with Gasteiger partial charge in [0.1, 0.15) is 5.82 Å². The minimum atomic E-state index is -3.35. The molecular formula is C24H26N6O2S. The smallest absolute Gasteiger partial charge is 0.236 e. The van der Waals surface area contributed by atoms with Crippen LogP contribution in [0.3, 0.4) is 0 Å². The molecule has 0 saturated heterocycles. The van der Waals surface area contributed by atoms with Crippen LogP contribution >= 0.6 is 0 Å². The number of nitrogens with zero attached hydrogens (tertiary/aromatic N) is 3. The second-order valence-electron chi connectivity index (χ2n) is 8.19. The number of hydrogen-bond donors (Lipinski definition) is 3. The molecule has 9 heteroatoms. The molecule has 0 amide bonds. The summed E-state index contributed by atoms with van der Waals surface area (Å²) in [6.45, 7) is 2.37. The summed E-state index contributed by atoms with van der Waals surface area (Å²) < 4.78 is 28.1. The number of sulfonamides is 1. The van der Waals surface area contributed by atoms with Gasteiger partial charge in [-0.3, -0.25) is 4.57 Å². The number of anilines is 1. The highest BCUT2D eigenvalue weighted by atomic mass is 32.2. The Kier molecular flexibility index (Phi) is 5.84. The summed E-state index contributed by atoms with van der Waals surface area (Å²) in [5, 5.41) is 7.91. The van der Waals surface area contributed by atoms with Crippen LogP contribution < -0.4 is 15.4 Å². The van der Waals surface area contributed by atoms with Crippen LogP contribution in [0, 0.1) is 0 Å². The lowest BCUT2D eigenvalue weighted by Crippen LogP contribution is -2.27. The van der Waals surface area contributed by atoms with Gasteiger partial charge in [0.25, 0.3) is 0 Å². The van der Waals surface area contributed by atoms with Crippen molar-refractivity contribution >= 4 is 26.7 Å². The van der Waals surface area contributed by atoms with Crippen LogP contribution in [0.2, 0.25) is 0 Å². The first kappa shape index (κ1) is 21.6. The largest absolute Gasteiger partial charge is 0.366 e. The summed E-state index contributed by atoms with van der Waals surface area (Å²) >= 11 is 0. The molecule has 1 aliphatic rings. The lowest BCUT2D eigenvalue weighted by molar-refractivity contribution is 0.585. The van der Waals surface area contributed by atoms with Gasteiger partial charge >= 0.3 is 0 Å². The van der Waals surface area contributed by atoms with Gasteiger partial charge in [-0.1, -0.05) is 48.5 Å². The second-order valence-corrected chi connectivity index (χ2v) is 10.0. The van der Waals surface area contributed by atoms with E-state index in [1.807, 2.05) is 53.1 Å². The highest BCUT2D eigenvalue weighted by Gasteiger charge is 2.21. The highest BCUT2D eigenvalue weighted by molar-refractivity contribution is 7.88. The SMILES string of the molecule is CS(=O)(=O)NCc1cc2ccccc2n1-c1nc2c(c(NCc3ccccc3)n1)CNCC2. The molecular weight excluding hydrogens is 436 g/mol. The van der Waals surface area contributed by atoms with Crippen molar-refractivity contribution in [3.63, 3.8) is 0 Å². The van der Waals surface area contributed by atoms with E-state index in [-0.39, 0.29) is 6.54 Å². The van der Waals surface area contributed by atoms with E-state index in [1.165, 1.54) is 5.56 Å². The Morgan fingerprint density at radius 1 is 1.03 bits per heavy atom. The van der Waals surface area contributed by atoms with Crippen LogP contribution in [0.5, 0.6) is 0 Å². The molecule has 0 radical (unpaired) electrons. The maximum atomic E-state index is 11.8. The molecule has 2 aromatic heterocycles. The first-order valence-electron chi connectivity index (χ1n) is 10.9. The van der Waals surface area contributed by atoms with Crippen molar-refractivity contribution in [3.8, 4) is 5.95 Å². The van der Waals surface area contributed by atoms with Crippen molar-refractivity contribution < 1.29 is 8.42 Å². The Morgan fingerprint density at radius 3 is 2.64 bits per heavy atom. The summed E-state index contributed by atoms with van der Waals surface area (Å²) in [7, 11) is -3.35. The highest BCUT2D eigenvalue weighted by Crippen LogP contribution is 2.27. The van der Waals surface area contributed by atoms with Crippen LogP contribution in [-0.4, -0.2) is 35.8 Å². The van der Waals surface area contributed by atoms with E-state index in [2.05, 4.69) is 27.5 Å². The second kappa shape index (κ2) is 8.93. The summed E-state index contributed by atoms with van der Waals surface area (Å²) in [4.78, 5) is 9.84. The topological polar surface area (TPSA) is 101 Å². The Labute approximate surface area is 193 Å². The van der Waals surface area contributed by atoms with E-state index in [0.717, 1.165) is 52.9 Å². The molecule has 1 aliphatic heterocycles. The minimum absolute atomic E-state index is 0.155. The van der Waals surface area contributed by atoms with E-state index >= 15 is 0 Å². The van der Waals surface area contributed by atoms with Crippen molar-refractivity contribution in [1.29, 1.82) is 0 Å². The fourth-order valence-electron chi connectivity index (χ4n) is 4.14. The monoisotopic (exact) mass is 462 g/mol. The van der Waals surface area contributed by atoms with Gasteiger partial charge in [-0.05, 0) is 17.7 Å². The fourth-order valence-corrected chi connectivity index (χ4v) is 4.55. The molecule has 0 atom stereocenters. The maximum Gasteiger partial charge on any atom is 0.236 e. The summed E-state index contributed by atoms with van der Waals surface area (Å²) in [5.41, 5.74) is 4.97. The molecule has 4 aromatic rings. The van der Waals surface area contributed by atoms with Gasteiger partial charge < -0.3 is 10.6 Å². The van der Waals surface area contributed by atoms with E-state index in [1.54, 1.807) is 0 Å². The van der Waals surface area contributed by atoms with Crippen LogP contribution in [0.25, 0.3) is 16.9 Å². The van der Waals surface area contributed by atoms with E-state index in [9.17, 15) is 8.42 Å². The van der Waals surface area contributed by atoms with Gasteiger partial charge in [0.2, 0.25) is 16.0 Å². The molecule has 2 aromatic carbocycles. The molecule has 0 unspecified atom stereocenters. The quantitative estimate of drug-likeness (QED) is 0.390. The number of benzene rings is 2. The fraction of sp³-hybridized carbons (Fsp3) is 0.250. The number of aromatic nitrogens is 3. The molecule has 33 heavy (non-hydrogen) atoms. The number of rotatable bonds is 7. The van der Waals surface area contributed by atoms with Crippen molar-refractivity contribution in [2.45, 2.75) is 26.1 Å². The zero-order valence-corrected chi connectivity index (χ0v) is 19.2. The number of hydrogen-bond acceptors (Lipinski definition) is 6. The van der Waals surface area contributed by atoms with Gasteiger partial charge in [-0.15, -0.1) is 0 Å². The van der Waals surface area contributed by atoms with Crippen molar-refractivity contribution in [1.82, 2.24) is 24.6 Å². The molecule has 3 N–H and O–H groups in total. The Hall–Kier alpha value is -3.27. The molecule has 0 fully saturated rings. The summed E-state index contributed by atoms with van der Waals surface area (Å²) in [6, 6.07) is 20.1. The van der Waals surface area contributed by atoms with Gasteiger partial charge in [0, 0.05) is 42.7 Å². The Morgan fingerprint density at radius 2 is 1.82 bits per heavy atom. The predicted molar refractivity (Wildman–Crippen MR) is 130 cm³/mol. The molecule has 170 valence electrons. The van der Waals surface area contributed by atoms with E-state index in [0.29, 0.717) is 19.0 Å². The Balaban J connectivity index is 1.60. The van der Waals surface area contributed by atoms with Crippen molar-refractivity contribution in [2.24, 2.45) is 0 Å². The van der Waals surface area contributed by atoms with Gasteiger partial charge in [-0.25, -0.2) is 18.1 Å². The van der Waals surface area contributed by atoms with Crippen LogP contribution in [0.15, 0.2) is 60.7 Å². The molecule has 0 aliphatic carbocycles. The van der Waals surface area contributed by atoms with E-state index in [4.69, 9.17) is 9.97 Å². The van der Waals surface area contributed by atoms with Gasteiger partial charge in [0.05, 0.1) is 24.0 Å². The third-order valence-electron chi connectivity index (χ3n) is 5.73. The van der Waals surface area contributed by atoms with Crippen molar-refractivity contribution in [2.75, 3.05) is 18.1 Å². The predicted octanol–water partition coefficient (Wildman–Crippen LogP) is 2.73. The third-order valence-corrected chi connectivity index (χ3v) is 6.40. The van der Waals surface area contributed by atoms with Gasteiger partial charge in [-0.2, -0.15) is 4.98 Å². The molecule has 3 heterocycles. The van der Waals surface area contributed by atoms with E-state index < -0.39 is 10.0 Å². The number of nitrogens with one attached hydrogen (secondary N) is 3. The lowest BCUT2D eigenvalue weighted by Gasteiger charge is -2.22. The maximum absolute atomic E-state index is 11.8. The summed E-state index contributed by atoms with van der Waals surface area (Å²) in [5.74, 6) is 1.34. The number of fused-ring (bicyclic) bond motifs is 2. The zero-order chi connectivity index (χ0) is 22.8. The normalized spacial score (nSPS) is 13.7. The third kappa shape index (κ3) is 4.75. The lowest BCUT2D eigenvalue weighted by atomic mass is 10.1.